The highest BCUT2D eigenvalue weighted by Gasteiger charge is 2.16. The molecule has 0 aliphatic carbocycles. The van der Waals surface area contributed by atoms with E-state index in [2.05, 4.69) is 54.8 Å². The van der Waals surface area contributed by atoms with Crippen molar-refractivity contribution in [1.29, 1.82) is 0 Å². The fourth-order valence-corrected chi connectivity index (χ4v) is 3.20. The predicted molar refractivity (Wildman–Crippen MR) is 105 cm³/mol. The van der Waals surface area contributed by atoms with Crippen LogP contribution in [0.2, 0.25) is 0 Å². The van der Waals surface area contributed by atoms with Crippen LogP contribution >= 0.6 is 0 Å². The van der Waals surface area contributed by atoms with Gasteiger partial charge in [-0.25, -0.2) is 0 Å². The quantitative estimate of drug-likeness (QED) is 0.652. The molecule has 5 nitrogen and oxygen atoms in total. The SMILES string of the molecule is Cc1cccc(CN(CCN2CCOCC2)CC(O)COCC(C)C)c1. The van der Waals surface area contributed by atoms with E-state index in [9.17, 15) is 5.11 Å². The Kier molecular flexibility index (Phi) is 9.57. The molecule has 1 atom stereocenters. The van der Waals surface area contributed by atoms with Gasteiger partial charge in [0.15, 0.2) is 0 Å². The van der Waals surface area contributed by atoms with Gasteiger partial charge in [0.2, 0.25) is 0 Å². The molecule has 0 aromatic heterocycles. The van der Waals surface area contributed by atoms with Crippen LogP contribution in [0.1, 0.15) is 25.0 Å². The van der Waals surface area contributed by atoms with Crippen LogP contribution in [0.15, 0.2) is 24.3 Å². The van der Waals surface area contributed by atoms with E-state index >= 15 is 0 Å². The summed E-state index contributed by atoms with van der Waals surface area (Å²) in [6.45, 7) is 14.5. The highest BCUT2D eigenvalue weighted by atomic mass is 16.5. The zero-order valence-corrected chi connectivity index (χ0v) is 16.7. The van der Waals surface area contributed by atoms with Crippen molar-refractivity contribution in [3.63, 3.8) is 0 Å². The van der Waals surface area contributed by atoms with E-state index in [1.54, 1.807) is 0 Å². The minimum absolute atomic E-state index is 0.403. The van der Waals surface area contributed by atoms with E-state index in [4.69, 9.17) is 9.47 Å². The van der Waals surface area contributed by atoms with Crippen LogP contribution in [-0.2, 0) is 16.0 Å². The average molecular weight is 365 g/mol. The zero-order valence-electron chi connectivity index (χ0n) is 16.7. The van der Waals surface area contributed by atoms with Crippen LogP contribution in [0.25, 0.3) is 0 Å². The summed E-state index contributed by atoms with van der Waals surface area (Å²) in [7, 11) is 0. The van der Waals surface area contributed by atoms with Crippen LogP contribution in [0.3, 0.4) is 0 Å². The molecule has 1 N–H and O–H groups in total. The smallest absolute Gasteiger partial charge is 0.0900 e. The molecule has 5 heteroatoms. The second kappa shape index (κ2) is 11.7. The Bertz CT molecular complexity index is 504. The Hall–Kier alpha value is -0.980. The van der Waals surface area contributed by atoms with Crippen molar-refractivity contribution < 1.29 is 14.6 Å². The van der Waals surface area contributed by atoms with Gasteiger partial charge >= 0.3 is 0 Å². The summed E-state index contributed by atoms with van der Waals surface area (Å²) in [6.07, 6.45) is -0.455. The summed E-state index contributed by atoms with van der Waals surface area (Å²) in [5.74, 6) is 0.493. The first-order chi connectivity index (χ1) is 12.5. The van der Waals surface area contributed by atoms with Crippen LogP contribution in [0.5, 0.6) is 0 Å². The standard InChI is InChI=1S/C21H36N2O3/c1-18(2)16-26-17-21(24)15-23(8-7-22-9-11-25-12-10-22)14-20-6-4-5-19(3)13-20/h4-6,13,18,21,24H,7-12,14-17H2,1-3H3. The van der Waals surface area contributed by atoms with Gasteiger partial charge in [-0.05, 0) is 18.4 Å². The molecular weight excluding hydrogens is 328 g/mol. The number of hydrogen-bond acceptors (Lipinski definition) is 5. The van der Waals surface area contributed by atoms with Crippen molar-refractivity contribution in [2.75, 3.05) is 59.2 Å². The summed E-state index contributed by atoms with van der Waals surface area (Å²) >= 11 is 0. The van der Waals surface area contributed by atoms with Crippen LogP contribution in [-0.4, -0.2) is 80.2 Å². The molecule has 0 spiro atoms. The Labute approximate surface area is 158 Å². The fourth-order valence-electron chi connectivity index (χ4n) is 3.20. The summed E-state index contributed by atoms with van der Waals surface area (Å²) in [5.41, 5.74) is 2.57. The number of morpholine rings is 1. The van der Waals surface area contributed by atoms with Gasteiger partial charge < -0.3 is 14.6 Å². The topological polar surface area (TPSA) is 45.2 Å². The van der Waals surface area contributed by atoms with Crippen molar-refractivity contribution in [3.8, 4) is 0 Å². The molecule has 0 radical (unpaired) electrons. The number of aliphatic hydroxyl groups is 1. The molecule has 1 aliphatic heterocycles. The number of aryl methyl sites for hydroxylation is 1. The molecule has 1 fully saturated rings. The first-order valence-corrected chi connectivity index (χ1v) is 9.86. The lowest BCUT2D eigenvalue weighted by Gasteiger charge is -2.31. The van der Waals surface area contributed by atoms with Gasteiger partial charge in [-0.1, -0.05) is 43.7 Å². The largest absolute Gasteiger partial charge is 0.389 e. The molecule has 1 heterocycles. The molecule has 1 aromatic rings. The lowest BCUT2D eigenvalue weighted by atomic mass is 10.1. The summed E-state index contributed by atoms with van der Waals surface area (Å²) in [5, 5.41) is 10.4. The minimum atomic E-state index is -0.455. The Morgan fingerprint density at radius 3 is 2.69 bits per heavy atom. The molecule has 1 saturated heterocycles. The van der Waals surface area contributed by atoms with Crippen LogP contribution in [0.4, 0.5) is 0 Å². The Morgan fingerprint density at radius 1 is 1.23 bits per heavy atom. The third-order valence-corrected chi connectivity index (χ3v) is 4.56. The number of aliphatic hydroxyl groups excluding tert-OH is 1. The van der Waals surface area contributed by atoms with Gasteiger partial charge in [0.1, 0.15) is 0 Å². The van der Waals surface area contributed by atoms with Gasteiger partial charge in [-0.15, -0.1) is 0 Å². The van der Waals surface area contributed by atoms with E-state index in [1.807, 2.05) is 0 Å². The number of nitrogens with zero attached hydrogens (tertiary/aromatic N) is 2. The second-order valence-corrected chi connectivity index (χ2v) is 7.76. The first kappa shape index (κ1) is 21.3. The van der Waals surface area contributed by atoms with Gasteiger partial charge in [-0.3, -0.25) is 9.80 Å². The van der Waals surface area contributed by atoms with E-state index in [1.165, 1.54) is 11.1 Å². The average Bonchev–Trinajstić information content (AvgIpc) is 2.60. The second-order valence-electron chi connectivity index (χ2n) is 7.76. The lowest BCUT2D eigenvalue weighted by Crippen LogP contribution is -2.43. The maximum Gasteiger partial charge on any atom is 0.0900 e. The van der Waals surface area contributed by atoms with Gasteiger partial charge in [0.05, 0.1) is 25.9 Å². The highest BCUT2D eigenvalue weighted by Crippen LogP contribution is 2.09. The predicted octanol–water partition coefficient (Wildman–Crippen LogP) is 2.16. The van der Waals surface area contributed by atoms with Crippen molar-refractivity contribution in [2.45, 2.75) is 33.4 Å². The molecule has 0 saturated carbocycles. The number of hydrogen-bond donors (Lipinski definition) is 1. The Balaban J connectivity index is 1.86. The van der Waals surface area contributed by atoms with Crippen LogP contribution < -0.4 is 0 Å². The molecule has 0 amide bonds. The summed E-state index contributed by atoms with van der Waals surface area (Å²) < 4.78 is 11.0. The van der Waals surface area contributed by atoms with E-state index < -0.39 is 6.10 Å². The summed E-state index contributed by atoms with van der Waals surface area (Å²) in [4.78, 5) is 4.78. The molecule has 148 valence electrons. The lowest BCUT2D eigenvalue weighted by molar-refractivity contribution is 0.000956. The molecule has 0 bridgehead atoms. The maximum atomic E-state index is 10.4. The van der Waals surface area contributed by atoms with Crippen molar-refractivity contribution in [2.24, 2.45) is 5.92 Å². The fraction of sp³-hybridized carbons (Fsp3) is 0.714. The minimum Gasteiger partial charge on any atom is -0.389 e. The number of rotatable bonds is 11. The van der Waals surface area contributed by atoms with Crippen molar-refractivity contribution in [1.82, 2.24) is 9.80 Å². The molecule has 1 aliphatic rings. The van der Waals surface area contributed by atoms with Crippen LogP contribution in [0, 0.1) is 12.8 Å². The number of benzene rings is 1. The third-order valence-electron chi connectivity index (χ3n) is 4.56. The van der Waals surface area contributed by atoms with Crippen molar-refractivity contribution in [3.05, 3.63) is 35.4 Å². The molecular formula is C21H36N2O3. The first-order valence-electron chi connectivity index (χ1n) is 9.86. The monoisotopic (exact) mass is 364 g/mol. The number of ether oxygens (including phenoxy) is 2. The molecule has 26 heavy (non-hydrogen) atoms. The van der Waals surface area contributed by atoms with E-state index in [0.717, 1.165) is 45.9 Å². The van der Waals surface area contributed by atoms with Gasteiger partial charge in [0.25, 0.3) is 0 Å². The molecule has 2 rings (SSSR count). The normalized spacial score (nSPS) is 17.2. The van der Waals surface area contributed by atoms with Gasteiger partial charge in [0, 0.05) is 45.9 Å². The maximum absolute atomic E-state index is 10.4. The third kappa shape index (κ3) is 8.60. The van der Waals surface area contributed by atoms with E-state index in [0.29, 0.717) is 25.7 Å². The highest BCUT2D eigenvalue weighted by molar-refractivity contribution is 5.22. The zero-order chi connectivity index (χ0) is 18.8. The molecule has 1 unspecified atom stereocenters. The summed E-state index contributed by atoms with van der Waals surface area (Å²) in [6, 6.07) is 8.61. The Morgan fingerprint density at radius 2 is 2.00 bits per heavy atom. The van der Waals surface area contributed by atoms with E-state index in [-0.39, 0.29) is 0 Å². The van der Waals surface area contributed by atoms with Crippen molar-refractivity contribution >= 4 is 0 Å². The molecule has 1 aromatic carbocycles. The van der Waals surface area contributed by atoms with Gasteiger partial charge in [-0.2, -0.15) is 0 Å².